The maximum atomic E-state index is 12.7. The lowest BCUT2D eigenvalue weighted by Crippen LogP contribution is -2.46. The summed E-state index contributed by atoms with van der Waals surface area (Å²) in [4.78, 5) is 32.5. The summed E-state index contributed by atoms with van der Waals surface area (Å²) in [6.45, 7) is 11.4. The van der Waals surface area contributed by atoms with Crippen molar-refractivity contribution in [3.63, 3.8) is 0 Å². The topological polar surface area (TPSA) is 73.4 Å². The highest BCUT2D eigenvalue weighted by Crippen LogP contribution is 2.21. The Labute approximate surface area is 176 Å². The number of anilines is 2. The lowest BCUT2D eigenvalue weighted by Gasteiger charge is -2.35. The molecule has 3 aromatic rings. The van der Waals surface area contributed by atoms with Crippen LogP contribution in [0.25, 0.3) is 11.0 Å². The number of amides is 1. The zero-order valence-corrected chi connectivity index (χ0v) is 17.8. The number of likely N-dealkylation sites (N-methyl/N-ethyl adjacent to an activating group) is 1. The maximum absolute atomic E-state index is 12.7. The van der Waals surface area contributed by atoms with Crippen LogP contribution >= 0.6 is 0 Å². The number of benzene rings is 2. The highest BCUT2D eigenvalue weighted by Gasteiger charge is 2.16. The van der Waals surface area contributed by atoms with Gasteiger partial charge in [-0.15, -0.1) is 0 Å². The van der Waals surface area contributed by atoms with Crippen molar-refractivity contribution in [2.24, 2.45) is 0 Å². The van der Waals surface area contributed by atoms with Crippen LogP contribution in [0.4, 0.5) is 11.4 Å². The minimum Gasteiger partial charge on any atom is -0.369 e. The quantitative estimate of drug-likeness (QED) is 0.681. The van der Waals surface area contributed by atoms with E-state index in [1.165, 1.54) is 5.69 Å². The highest BCUT2D eigenvalue weighted by atomic mass is 16.2. The Morgan fingerprint density at radius 1 is 1.07 bits per heavy atom. The van der Waals surface area contributed by atoms with E-state index in [9.17, 15) is 9.59 Å². The number of rotatable bonds is 5. The lowest BCUT2D eigenvalue weighted by molar-refractivity contribution is 0.102. The third kappa shape index (κ3) is 3.98. The summed E-state index contributed by atoms with van der Waals surface area (Å²) in [5.74, 6) is -0.195. The molecule has 1 aliphatic heterocycles. The zero-order chi connectivity index (χ0) is 21.3. The third-order valence-electron chi connectivity index (χ3n) is 5.80. The number of fused-ring (bicyclic) bond motifs is 1. The van der Waals surface area contributed by atoms with E-state index < -0.39 is 0 Å². The Bertz CT molecular complexity index is 1090. The van der Waals surface area contributed by atoms with Crippen LogP contribution in [-0.4, -0.2) is 53.1 Å². The second kappa shape index (κ2) is 8.36. The molecule has 4 rings (SSSR count). The number of aromatic nitrogens is 2. The summed E-state index contributed by atoms with van der Waals surface area (Å²) in [7, 11) is 0. The molecule has 7 nitrogen and oxygen atoms in total. The number of nitrogens with zero attached hydrogens (tertiary/aromatic N) is 3. The molecule has 1 saturated heterocycles. The molecule has 158 valence electrons. The Morgan fingerprint density at radius 2 is 1.77 bits per heavy atom. The Morgan fingerprint density at radius 3 is 2.40 bits per heavy atom. The number of nitrogens with one attached hydrogen (secondary N) is 2. The molecule has 7 heteroatoms. The van der Waals surface area contributed by atoms with Crippen LogP contribution in [0.1, 0.15) is 37.2 Å². The van der Waals surface area contributed by atoms with Crippen LogP contribution in [0.5, 0.6) is 0 Å². The molecule has 0 aliphatic carbocycles. The van der Waals surface area contributed by atoms with E-state index in [-0.39, 0.29) is 17.6 Å². The summed E-state index contributed by atoms with van der Waals surface area (Å²) in [6.07, 6.45) is 0. The molecule has 0 saturated carbocycles. The number of piperazine rings is 1. The van der Waals surface area contributed by atoms with Gasteiger partial charge in [0.15, 0.2) is 0 Å². The van der Waals surface area contributed by atoms with Gasteiger partial charge in [0.25, 0.3) is 5.91 Å². The molecule has 0 unspecified atom stereocenters. The Hall–Kier alpha value is -3.06. The number of hydrogen-bond donors (Lipinski definition) is 2. The molecule has 2 N–H and O–H groups in total. The molecule has 2 heterocycles. The predicted molar refractivity (Wildman–Crippen MR) is 122 cm³/mol. The van der Waals surface area contributed by atoms with Crippen LogP contribution < -0.4 is 15.9 Å². The van der Waals surface area contributed by atoms with Gasteiger partial charge < -0.3 is 20.1 Å². The van der Waals surface area contributed by atoms with E-state index in [2.05, 4.69) is 39.2 Å². The molecule has 0 spiro atoms. The number of H-pyrrole nitrogens is 1. The lowest BCUT2D eigenvalue weighted by atomic mass is 10.1. The fourth-order valence-electron chi connectivity index (χ4n) is 4.07. The van der Waals surface area contributed by atoms with Crippen molar-refractivity contribution in [2.45, 2.75) is 26.8 Å². The molecule has 0 bridgehead atoms. The zero-order valence-electron chi connectivity index (χ0n) is 17.8. The summed E-state index contributed by atoms with van der Waals surface area (Å²) in [6, 6.07) is 13.3. The van der Waals surface area contributed by atoms with E-state index in [1.807, 2.05) is 32.0 Å². The van der Waals surface area contributed by atoms with E-state index >= 15 is 0 Å². The Kier molecular flexibility index (Phi) is 5.63. The van der Waals surface area contributed by atoms with Crippen LogP contribution in [-0.2, 0) is 0 Å². The average Bonchev–Trinajstić information content (AvgIpc) is 3.09. The first-order chi connectivity index (χ1) is 14.5. The fraction of sp³-hybridized carbons (Fsp3) is 0.391. The molecular formula is C23H29N5O2. The minimum atomic E-state index is -0.195. The Balaban J connectivity index is 1.45. The van der Waals surface area contributed by atoms with E-state index in [1.54, 1.807) is 16.7 Å². The number of carbonyl (C=O) groups excluding carboxylic acids is 1. The van der Waals surface area contributed by atoms with Crippen molar-refractivity contribution in [1.82, 2.24) is 14.5 Å². The van der Waals surface area contributed by atoms with Gasteiger partial charge in [-0.05, 0) is 62.9 Å². The van der Waals surface area contributed by atoms with Gasteiger partial charge in [0.1, 0.15) is 0 Å². The van der Waals surface area contributed by atoms with Gasteiger partial charge in [-0.3, -0.25) is 9.36 Å². The van der Waals surface area contributed by atoms with E-state index in [0.717, 1.165) is 43.9 Å². The smallest absolute Gasteiger partial charge is 0.326 e. The third-order valence-corrected chi connectivity index (χ3v) is 5.80. The van der Waals surface area contributed by atoms with Crippen LogP contribution in [0.15, 0.2) is 47.3 Å². The molecule has 2 aromatic carbocycles. The van der Waals surface area contributed by atoms with Crippen LogP contribution in [0.2, 0.25) is 0 Å². The number of aromatic amines is 1. The first-order valence-electron chi connectivity index (χ1n) is 10.6. The molecule has 1 aliphatic rings. The van der Waals surface area contributed by atoms with Crippen molar-refractivity contribution in [3.8, 4) is 0 Å². The van der Waals surface area contributed by atoms with Gasteiger partial charge in [-0.1, -0.05) is 6.92 Å². The van der Waals surface area contributed by atoms with Gasteiger partial charge >= 0.3 is 5.69 Å². The summed E-state index contributed by atoms with van der Waals surface area (Å²) in [5.41, 5.74) is 3.76. The second-order valence-corrected chi connectivity index (χ2v) is 8.05. The maximum Gasteiger partial charge on any atom is 0.326 e. The number of imidazole rings is 1. The van der Waals surface area contributed by atoms with Gasteiger partial charge in [-0.25, -0.2) is 4.79 Å². The summed E-state index contributed by atoms with van der Waals surface area (Å²) < 4.78 is 1.69. The number of hydrogen-bond acceptors (Lipinski definition) is 4. The van der Waals surface area contributed by atoms with E-state index in [4.69, 9.17) is 0 Å². The minimum absolute atomic E-state index is 0.0504. The monoisotopic (exact) mass is 407 g/mol. The van der Waals surface area contributed by atoms with Crippen LogP contribution in [0, 0.1) is 0 Å². The molecular weight excluding hydrogens is 378 g/mol. The average molecular weight is 408 g/mol. The second-order valence-electron chi connectivity index (χ2n) is 8.05. The number of carbonyl (C=O) groups is 1. The van der Waals surface area contributed by atoms with Gasteiger partial charge in [0, 0.05) is 49.2 Å². The van der Waals surface area contributed by atoms with Crippen molar-refractivity contribution in [2.75, 3.05) is 42.9 Å². The normalized spacial score (nSPS) is 15.1. The predicted octanol–water partition coefficient (Wildman–Crippen LogP) is 3.30. The van der Waals surface area contributed by atoms with E-state index in [0.29, 0.717) is 11.1 Å². The first-order valence-corrected chi connectivity index (χ1v) is 10.6. The standard InChI is InChI=1S/C23H29N5O2/c1-4-26-11-13-27(14-12-26)19-8-6-18(7-9-19)24-22(29)17-5-10-21-20(15-17)25-23(30)28(21)16(2)3/h5-10,15-16H,4,11-14H2,1-3H3,(H,24,29)(H,25,30). The highest BCUT2D eigenvalue weighted by molar-refractivity contribution is 6.06. The van der Waals surface area contributed by atoms with Crippen molar-refractivity contribution in [3.05, 3.63) is 58.5 Å². The summed E-state index contributed by atoms with van der Waals surface area (Å²) in [5, 5.41) is 2.95. The largest absolute Gasteiger partial charge is 0.369 e. The van der Waals surface area contributed by atoms with Gasteiger partial charge in [-0.2, -0.15) is 0 Å². The van der Waals surface area contributed by atoms with Crippen LogP contribution in [0.3, 0.4) is 0 Å². The molecule has 1 aromatic heterocycles. The molecule has 0 radical (unpaired) electrons. The fourth-order valence-corrected chi connectivity index (χ4v) is 4.07. The molecule has 1 amide bonds. The first kappa shape index (κ1) is 20.2. The van der Waals surface area contributed by atoms with Gasteiger partial charge in [0.05, 0.1) is 11.0 Å². The van der Waals surface area contributed by atoms with Crippen molar-refractivity contribution >= 4 is 28.3 Å². The molecule has 0 atom stereocenters. The van der Waals surface area contributed by atoms with Gasteiger partial charge in [0.2, 0.25) is 0 Å². The van der Waals surface area contributed by atoms with Crippen molar-refractivity contribution in [1.29, 1.82) is 0 Å². The SMILES string of the molecule is CCN1CCN(c2ccc(NC(=O)c3ccc4c(c3)[nH]c(=O)n4C(C)C)cc2)CC1. The summed E-state index contributed by atoms with van der Waals surface area (Å²) >= 11 is 0. The molecule has 30 heavy (non-hydrogen) atoms. The molecule has 1 fully saturated rings. The van der Waals surface area contributed by atoms with Crippen molar-refractivity contribution < 1.29 is 4.79 Å².